The standard InChI is InChI=1S/C24H24ClN7O/c1-24(26)10-23(33)31(15-24)19-5-3-17(4-6-19)20-13-28-21-7-8-22(29-32(20)21)30(2)14-16-9-18(25)12-27-11-16/h3-9,11-13H,10,14-15,26H2,1-2H3. The van der Waals surface area contributed by atoms with E-state index in [1.165, 1.54) is 0 Å². The van der Waals surface area contributed by atoms with E-state index in [2.05, 4.69) is 9.97 Å². The van der Waals surface area contributed by atoms with Crippen LogP contribution >= 0.6 is 11.6 Å². The van der Waals surface area contributed by atoms with E-state index in [1.54, 1.807) is 23.5 Å². The number of anilines is 2. The molecule has 1 unspecified atom stereocenters. The van der Waals surface area contributed by atoms with Crippen molar-refractivity contribution in [3.05, 3.63) is 71.6 Å². The highest BCUT2D eigenvalue weighted by atomic mass is 35.5. The molecule has 0 radical (unpaired) electrons. The van der Waals surface area contributed by atoms with Crippen molar-refractivity contribution in [2.75, 3.05) is 23.4 Å². The van der Waals surface area contributed by atoms with Crippen molar-refractivity contribution in [1.29, 1.82) is 0 Å². The van der Waals surface area contributed by atoms with E-state index in [4.69, 9.17) is 22.4 Å². The SMILES string of the molecule is CN(Cc1cncc(Cl)c1)c1ccc2ncc(-c3ccc(N4CC(C)(N)CC4=O)cc3)n2n1. The van der Waals surface area contributed by atoms with Crippen molar-refractivity contribution in [1.82, 2.24) is 19.6 Å². The van der Waals surface area contributed by atoms with Crippen LogP contribution < -0.4 is 15.5 Å². The molecule has 0 spiro atoms. The predicted molar refractivity (Wildman–Crippen MR) is 129 cm³/mol. The summed E-state index contributed by atoms with van der Waals surface area (Å²) in [5, 5.41) is 5.41. The average molecular weight is 462 g/mol. The summed E-state index contributed by atoms with van der Waals surface area (Å²) in [5.74, 6) is 0.843. The number of benzene rings is 1. The van der Waals surface area contributed by atoms with Gasteiger partial charge in [-0.15, -0.1) is 5.10 Å². The Kier molecular flexibility index (Phi) is 5.26. The fraction of sp³-hybridized carbons (Fsp3) is 0.250. The number of hydrogen-bond acceptors (Lipinski definition) is 6. The van der Waals surface area contributed by atoms with Crippen LogP contribution in [0.1, 0.15) is 18.9 Å². The second kappa shape index (κ2) is 8.13. The van der Waals surface area contributed by atoms with Crippen LogP contribution in [0.3, 0.4) is 0 Å². The average Bonchev–Trinajstić information content (AvgIpc) is 3.32. The first-order chi connectivity index (χ1) is 15.8. The monoisotopic (exact) mass is 461 g/mol. The number of nitrogens with zero attached hydrogens (tertiary/aromatic N) is 6. The summed E-state index contributed by atoms with van der Waals surface area (Å²) in [4.78, 5) is 24.8. The van der Waals surface area contributed by atoms with Crippen molar-refractivity contribution in [3.63, 3.8) is 0 Å². The number of hydrogen-bond donors (Lipinski definition) is 1. The number of carbonyl (C=O) groups excluding carboxylic acids is 1. The third kappa shape index (κ3) is 4.27. The van der Waals surface area contributed by atoms with Crippen LogP contribution in [0.2, 0.25) is 5.02 Å². The van der Waals surface area contributed by atoms with Crippen LogP contribution in [0.15, 0.2) is 61.1 Å². The van der Waals surface area contributed by atoms with Crippen LogP contribution in [-0.4, -0.2) is 44.6 Å². The highest BCUT2D eigenvalue weighted by Crippen LogP contribution is 2.29. The van der Waals surface area contributed by atoms with Crippen molar-refractivity contribution in [2.45, 2.75) is 25.4 Å². The number of rotatable bonds is 5. The minimum absolute atomic E-state index is 0.0480. The molecule has 4 heterocycles. The normalized spacial score (nSPS) is 18.3. The van der Waals surface area contributed by atoms with Crippen LogP contribution in [0, 0.1) is 0 Å². The van der Waals surface area contributed by atoms with Gasteiger partial charge in [-0.25, -0.2) is 9.50 Å². The first kappa shape index (κ1) is 21.4. The minimum Gasteiger partial charge on any atom is -0.354 e. The number of amides is 1. The molecule has 1 aromatic carbocycles. The molecule has 0 saturated carbocycles. The lowest BCUT2D eigenvalue weighted by molar-refractivity contribution is -0.117. The van der Waals surface area contributed by atoms with Crippen LogP contribution in [0.4, 0.5) is 11.5 Å². The fourth-order valence-corrected chi connectivity index (χ4v) is 4.35. The van der Waals surface area contributed by atoms with Gasteiger partial charge in [-0.2, -0.15) is 0 Å². The molecule has 0 bridgehead atoms. The third-order valence-corrected chi connectivity index (χ3v) is 5.98. The zero-order valence-electron chi connectivity index (χ0n) is 18.4. The molecule has 1 amide bonds. The van der Waals surface area contributed by atoms with E-state index < -0.39 is 5.54 Å². The van der Waals surface area contributed by atoms with Gasteiger partial charge in [0.2, 0.25) is 5.91 Å². The highest BCUT2D eigenvalue weighted by molar-refractivity contribution is 6.30. The largest absolute Gasteiger partial charge is 0.354 e. The lowest BCUT2D eigenvalue weighted by atomic mass is 10.0. The van der Waals surface area contributed by atoms with Crippen LogP contribution in [0.25, 0.3) is 16.9 Å². The molecule has 4 aromatic rings. The van der Waals surface area contributed by atoms with E-state index in [-0.39, 0.29) is 5.91 Å². The highest BCUT2D eigenvalue weighted by Gasteiger charge is 2.36. The molecule has 9 heteroatoms. The molecule has 8 nitrogen and oxygen atoms in total. The fourth-order valence-electron chi connectivity index (χ4n) is 4.15. The van der Waals surface area contributed by atoms with Gasteiger partial charge >= 0.3 is 0 Å². The van der Waals surface area contributed by atoms with E-state index in [0.29, 0.717) is 24.5 Å². The molecule has 168 valence electrons. The quantitative estimate of drug-likeness (QED) is 0.488. The summed E-state index contributed by atoms with van der Waals surface area (Å²) in [7, 11) is 1.97. The topological polar surface area (TPSA) is 92.6 Å². The predicted octanol–water partition coefficient (Wildman–Crippen LogP) is 3.54. The summed E-state index contributed by atoms with van der Waals surface area (Å²) >= 11 is 6.06. The number of pyridine rings is 1. The number of aromatic nitrogens is 4. The lowest BCUT2D eigenvalue weighted by Gasteiger charge is -2.20. The molecule has 1 saturated heterocycles. The molecule has 33 heavy (non-hydrogen) atoms. The number of nitrogens with two attached hydrogens (primary N) is 1. The summed E-state index contributed by atoms with van der Waals surface area (Å²) in [6.45, 7) is 3.04. The van der Waals surface area contributed by atoms with Crippen molar-refractivity contribution in [3.8, 4) is 11.3 Å². The Balaban J connectivity index is 1.41. The Bertz CT molecular complexity index is 1330. The smallest absolute Gasteiger partial charge is 0.228 e. The number of fused-ring (bicyclic) bond motifs is 1. The Labute approximate surface area is 196 Å². The van der Waals surface area contributed by atoms with E-state index in [0.717, 1.165) is 34.0 Å². The molecule has 1 atom stereocenters. The van der Waals surface area contributed by atoms with E-state index in [9.17, 15) is 4.79 Å². The molecule has 3 aromatic heterocycles. The van der Waals surface area contributed by atoms with Gasteiger partial charge in [0.1, 0.15) is 5.82 Å². The summed E-state index contributed by atoms with van der Waals surface area (Å²) in [6, 6.07) is 13.6. The van der Waals surface area contributed by atoms with Gasteiger partial charge in [-0.3, -0.25) is 9.78 Å². The second-order valence-corrected chi connectivity index (χ2v) is 9.27. The zero-order valence-corrected chi connectivity index (χ0v) is 19.2. The molecular weight excluding hydrogens is 438 g/mol. The van der Waals surface area contributed by atoms with E-state index >= 15 is 0 Å². The Hall–Kier alpha value is -3.49. The van der Waals surface area contributed by atoms with Gasteiger partial charge in [0.15, 0.2) is 5.65 Å². The molecule has 5 rings (SSSR count). The molecule has 1 aliphatic rings. The second-order valence-electron chi connectivity index (χ2n) is 8.83. The zero-order chi connectivity index (χ0) is 23.2. The minimum atomic E-state index is -0.495. The molecule has 1 fully saturated rings. The number of halogens is 1. The maximum Gasteiger partial charge on any atom is 0.228 e. The van der Waals surface area contributed by atoms with Gasteiger partial charge < -0.3 is 15.5 Å². The Morgan fingerprint density at radius 1 is 1.15 bits per heavy atom. The Morgan fingerprint density at radius 3 is 2.64 bits per heavy atom. The lowest BCUT2D eigenvalue weighted by Crippen LogP contribution is -2.39. The molecule has 2 N–H and O–H groups in total. The summed E-state index contributed by atoms with van der Waals surface area (Å²) in [6.07, 6.45) is 5.57. The summed E-state index contributed by atoms with van der Waals surface area (Å²) in [5.41, 5.74) is 10.1. The maximum atomic E-state index is 12.3. The third-order valence-electron chi connectivity index (χ3n) is 5.77. The maximum absolute atomic E-state index is 12.3. The van der Waals surface area contributed by atoms with E-state index in [1.807, 2.05) is 65.9 Å². The van der Waals surface area contributed by atoms with Crippen molar-refractivity contribution < 1.29 is 4.79 Å². The summed E-state index contributed by atoms with van der Waals surface area (Å²) < 4.78 is 1.83. The van der Waals surface area contributed by atoms with Crippen LogP contribution in [0.5, 0.6) is 0 Å². The van der Waals surface area contributed by atoms with Crippen molar-refractivity contribution in [2.24, 2.45) is 5.73 Å². The first-order valence-electron chi connectivity index (χ1n) is 10.6. The molecule has 1 aliphatic heterocycles. The number of carbonyl (C=O) groups is 1. The van der Waals surface area contributed by atoms with Crippen molar-refractivity contribution >= 4 is 34.7 Å². The van der Waals surface area contributed by atoms with Gasteiger partial charge in [-0.1, -0.05) is 23.7 Å². The first-order valence-corrected chi connectivity index (χ1v) is 11.0. The molecular formula is C24H24ClN7O. The Morgan fingerprint density at radius 2 is 1.94 bits per heavy atom. The van der Waals surface area contributed by atoms with Gasteiger partial charge in [0, 0.05) is 55.7 Å². The van der Waals surface area contributed by atoms with Gasteiger partial charge in [-0.05, 0) is 42.8 Å². The van der Waals surface area contributed by atoms with Gasteiger partial charge in [0.25, 0.3) is 0 Å². The molecule has 0 aliphatic carbocycles. The number of imidazole rings is 1. The van der Waals surface area contributed by atoms with Crippen LogP contribution in [-0.2, 0) is 11.3 Å². The van der Waals surface area contributed by atoms with Gasteiger partial charge in [0.05, 0.1) is 16.9 Å².